The molecule has 2 amide bonds. The topological polar surface area (TPSA) is 90.0 Å². The monoisotopic (exact) mass is 590 g/mol. The second-order valence-electron chi connectivity index (χ2n) is 9.28. The first-order valence-corrected chi connectivity index (χ1v) is 12.9. The van der Waals surface area contributed by atoms with E-state index in [-0.39, 0.29) is 64.4 Å². The number of thiophene rings is 1. The van der Waals surface area contributed by atoms with E-state index in [1.165, 1.54) is 23.9 Å². The molecule has 0 saturated heterocycles. The van der Waals surface area contributed by atoms with Gasteiger partial charge in [0, 0.05) is 44.9 Å². The fourth-order valence-corrected chi connectivity index (χ4v) is 6.76. The van der Waals surface area contributed by atoms with Crippen molar-refractivity contribution in [3.05, 3.63) is 86.8 Å². The van der Waals surface area contributed by atoms with Gasteiger partial charge in [0.05, 0.1) is 34.0 Å². The van der Waals surface area contributed by atoms with Crippen molar-refractivity contribution in [1.29, 1.82) is 0 Å². The minimum absolute atomic E-state index is 0.00604. The maximum absolute atomic E-state index is 14.9. The molecule has 6 rings (SSSR count). The van der Waals surface area contributed by atoms with Crippen molar-refractivity contribution in [2.24, 2.45) is 12.8 Å². The van der Waals surface area contributed by atoms with Crippen LogP contribution in [0.15, 0.2) is 36.4 Å². The van der Waals surface area contributed by atoms with E-state index in [1.54, 1.807) is 0 Å². The van der Waals surface area contributed by atoms with Crippen LogP contribution in [0.1, 0.15) is 43.6 Å². The molecule has 2 aromatic heterocycles. The SMILES string of the molecule is Cn1nc2c3c(c(-c4sc5c(F)cc(F)cc5c4C(N)=O)cc2c1CC(F)F)C(c1cc(F)ccc1Cl)NC3=O. The normalized spacial score (nSPS) is 14.9. The summed E-state index contributed by atoms with van der Waals surface area (Å²) in [5.41, 5.74) is 6.22. The molecule has 204 valence electrons. The molecule has 3 aromatic carbocycles. The van der Waals surface area contributed by atoms with Gasteiger partial charge < -0.3 is 11.1 Å². The van der Waals surface area contributed by atoms with Crippen LogP contribution >= 0.6 is 22.9 Å². The number of hydrogen-bond donors (Lipinski definition) is 2. The molecular formula is C27H16ClF5N4O2S. The predicted molar refractivity (Wildman–Crippen MR) is 140 cm³/mol. The Balaban J connectivity index is 1.78. The van der Waals surface area contributed by atoms with E-state index < -0.39 is 48.2 Å². The predicted octanol–water partition coefficient (Wildman–Crippen LogP) is 6.27. The number of nitrogens with zero attached hydrogens (tertiary/aromatic N) is 2. The van der Waals surface area contributed by atoms with E-state index in [9.17, 15) is 31.5 Å². The summed E-state index contributed by atoms with van der Waals surface area (Å²) < 4.78 is 71.6. The van der Waals surface area contributed by atoms with Crippen molar-refractivity contribution in [1.82, 2.24) is 15.1 Å². The molecule has 0 aliphatic carbocycles. The van der Waals surface area contributed by atoms with Crippen molar-refractivity contribution in [2.75, 3.05) is 0 Å². The van der Waals surface area contributed by atoms with Crippen molar-refractivity contribution in [3.8, 4) is 10.4 Å². The lowest BCUT2D eigenvalue weighted by atomic mass is 9.89. The maximum atomic E-state index is 14.9. The van der Waals surface area contributed by atoms with Crippen molar-refractivity contribution >= 4 is 55.7 Å². The quantitative estimate of drug-likeness (QED) is 0.237. The Bertz CT molecular complexity index is 1920. The Morgan fingerprint density at radius 3 is 2.60 bits per heavy atom. The standard InChI is InChI=1S/C27H16ClF5N4O2S/c1-37-17(8-18(32)33)12-7-14(25-20(26(34)38)13-5-10(30)6-16(31)24(13)40-25)19-21(23(12)36-37)27(39)35-22(19)11-4-9(29)2-3-15(11)28/h2-7,18,22H,8H2,1H3,(H2,34,38)(H,35,39). The molecule has 0 bridgehead atoms. The highest BCUT2D eigenvalue weighted by atomic mass is 35.5. The van der Waals surface area contributed by atoms with Crippen LogP contribution in [-0.4, -0.2) is 28.0 Å². The summed E-state index contributed by atoms with van der Waals surface area (Å²) in [5.74, 6) is -4.17. The molecule has 40 heavy (non-hydrogen) atoms. The number of rotatable bonds is 5. The summed E-state index contributed by atoms with van der Waals surface area (Å²) >= 11 is 7.18. The van der Waals surface area contributed by atoms with E-state index >= 15 is 0 Å². The van der Waals surface area contributed by atoms with Crippen LogP contribution in [-0.2, 0) is 13.5 Å². The zero-order valence-electron chi connectivity index (χ0n) is 20.3. The number of hydrogen-bond acceptors (Lipinski definition) is 4. The molecule has 5 aromatic rings. The Labute approximate surface area is 231 Å². The van der Waals surface area contributed by atoms with E-state index in [0.717, 1.165) is 29.5 Å². The zero-order chi connectivity index (χ0) is 28.6. The van der Waals surface area contributed by atoms with E-state index in [4.69, 9.17) is 17.3 Å². The third-order valence-electron chi connectivity index (χ3n) is 6.90. The van der Waals surface area contributed by atoms with Crippen LogP contribution in [0.4, 0.5) is 22.0 Å². The smallest absolute Gasteiger partial charge is 0.254 e. The minimum atomic E-state index is -2.74. The maximum Gasteiger partial charge on any atom is 0.254 e. The van der Waals surface area contributed by atoms with Gasteiger partial charge in [-0.15, -0.1) is 11.3 Å². The van der Waals surface area contributed by atoms with Crippen LogP contribution in [0.3, 0.4) is 0 Å². The van der Waals surface area contributed by atoms with Crippen molar-refractivity contribution < 1.29 is 31.5 Å². The number of nitrogens with one attached hydrogen (secondary N) is 1. The lowest BCUT2D eigenvalue weighted by Gasteiger charge is -2.18. The second-order valence-corrected chi connectivity index (χ2v) is 10.7. The van der Waals surface area contributed by atoms with E-state index in [2.05, 4.69) is 10.4 Å². The number of fused-ring (bicyclic) bond motifs is 4. The fraction of sp³-hybridized carbons (Fsp3) is 0.148. The van der Waals surface area contributed by atoms with Crippen molar-refractivity contribution in [2.45, 2.75) is 18.9 Å². The van der Waals surface area contributed by atoms with Gasteiger partial charge in [0.2, 0.25) is 6.43 Å². The number of carbonyl (C=O) groups excluding carboxylic acids is 2. The molecule has 0 fully saturated rings. The van der Waals surface area contributed by atoms with Crippen LogP contribution < -0.4 is 11.1 Å². The van der Waals surface area contributed by atoms with Gasteiger partial charge in [0.15, 0.2) is 0 Å². The van der Waals surface area contributed by atoms with Gasteiger partial charge in [0.25, 0.3) is 11.8 Å². The highest BCUT2D eigenvalue weighted by Crippen LogP contribution is 2.49. The number of halogens is 6. The summed E-state index contributed by atoms with van der Waals surface area (Å²) in [6, 6.07) is 5.60. The molecule has 1 unspecified atom stereocenters. The van der Waals surface area contributed by atoms with E-state index in [0.29, 0.717) is 6.07 Å². The lowest BCUT2D eigenvalue weighted by molar-refractivity contribution is 0.0960. The number of alkyl halides is 2. The molecule has 0 saturated carbocycles. The Hall–Kier alpha value is -4.03. The van der Waals surface area contributed by atoms with E-state index in [1.807, 2.05) is 0 Å². The Morgan fingerprint density at radius 1 is 1.15 bits per heavy atom. The average Bonchev–Trinajstić information content (AvgIpc) is 3.52. The third-order valence-corrected chi connectivity index (χ3v) is 8.49. The number of aryl methyl sites for hydroxylation is 1. The summed E-state index contributed by atoms with van der Waals surface area (Å²) in [4.78, 5) is 26.2. The molecular weight excluding hydrogens is 575 g/mol. The first kappa shape index (κ1) is 26.2. The molecule has 1 atom stereocenters. The number of primary amides is 1. The summed E-state index contributed by atoms with van der Waals surface area (Å²) in [6.07, 6.45) is -3.44. The fourth-order valence-electron chi connectivity index (χ4n) is 5.31. The molecule has 0 spiro atoms. The highest BCUT2D eigenvalue weighted by Gasteiger charge is 2.39. The summed E-state index contributed by atoms with van der Waals surface area (Å²) in [6.45, 7) is 0. The van der Waals surface area contributed by atoms with Gasteiger partial charge in [0.1, 0.15) is 23.0 Å². The van der Waals surface area contributed by atoms with Gasteiger partial charge in [-0.25, -0.2) is 22.0 Å². The largest absolute Gasteiger partial charge is 0.366 e. The second kappa shape index (κ2) is 9.27. The summed E-state index contributed by atoms with van der Waals surface area (Å²) in [7, 11) is 1.45. The molecule has 1 aliphatic heterocycles. The van der Waals surface area contributed by atoms with Gasteiger partial charge in [-0.1, -0.05) is 11.6 Å². The molecule has 1 aliphatic rings. The average molecular weight is 591 g/mol. The number of aromatic nitrogens is 2. The Morgan fingerprint density at radius 2 is 1.90 bits per heavy atom. The molecule has 3 heterocycles. The molecule has 13 heteroatoms. The number of amides is 2. The van der Waals surface area contributed by atoms with Crippen LogP contribution in [0.2, 0.25) is 5.02 Å². The number of nitrogens with two attached hydrogens (primary N) is 1. The van der Waals surface area contributed by atoms with Gasteiger partial charge in [-0.2, -0.15) is 5.10 Å². The third kappa shape index (κ3) is 3.93. The van der Waals surface area contributed by atoms with Crippen LogP contribution in [0.5, 0.6) is 0 Å². The lowest BCUT2D eigenvalue weighted by Crippen LogP contribution is -2.20. The molecule has 6 nitrogen and oxygen atoms in total. The number of carbonyl (C=O) groups is 2. The van der Waals surface area contributed by atoms with Gasteiger partial charge in [-0.05, 0) is 35.9 Å². The van der Waals surface area contributed by atoms with Crippen molar-refractivity contribution in [3.63, 3.8) is 0 Å². The highest BCUT2D eigenvalue weighted by molar-refractivity contribution is 7.22. The zero-order valence-corrected chi connectivity index (χ0v) is 21.9. The first-order valence-electron chi connectivity index (χ1n) is 11.7. The molecule has 0 radical (unpaired) electrons. The van der Waals surface area contributed by atoms with Gasteiger partial charge in [-0.3, -0.25) is 14.3 Å². The number of benzene rings is 3. The first-order chi connectivity index (χ1) is 19.0. The minimum Gasteiger partial charge on any atom is -0.366 e. The van der Waals surface area contributed by atoms with Gasteiger partial charge >= 0.3 is 0 Å². The summed E-state index contributed by atoms with van der Waals surface area (Å²) in [5, 5.41) is 7.30. The Kier molecular flexibility index (Phi) is 6.07. The van der Waals surface area contributed by atoms with Crippen LogP contribution in [0, 0.1) is 17.5 Å². The van der Waals surface area contributed by atoms with Crippen LogP contribution in [0.25, 0.3) is 31.4 Å². The molecule has 3 N–H and O–H groups in total.